The average Bonchev–Trinajstić information content (AvgIpc) is 2.65. The molecule has 0 aromatic rings. The minimum absolute atomic E-state index is 0.210. The van der Waals surface area contributed by atoms with Crippen molar-refractivity contribution in [2.75, 3.05) is 13.7 Å². The molecule has 0 aromatic heterocycles. The standard InChI is InChI=1S/C18H32N2O4/c1-17(2)8-9-18(3,4)14(17)7-6-12(11-24-5)20-16(23)13(19)10-15(21)22/h6-7,12-14H,8-11,19H2,1-5H3,(H,20,23)(H,21,22)/t12?,13-/m0/s1. The molecular formula is C18H32N2O4. The summed E-state index contributed by atoms with van der Waals surface area (Å²) in [5.74, 6) is -1.17. The Labute approximate surface area is 144 Å². The molecule has 1 fully saturated rings. The average molecular weight is 340 g/mol. The maximum atomic E-state index is 12.0. The predicted octanol–water partition coefficient (Wildman–Crippen LogP) is 1.94. The smallest absolute Gasteiger partial charge is 0.305 e. The maximum Gasteiger partial charge on any atom is 0.305 e. The molecule has 0 aromatic carbocycles. The van der Waals surface area contributed by atoms with Crippen molar-refractivity contribution in [2.45, 2.75) is 59.0 Å². The van der Waals surface area contributed by atoms with E-state index in [0.29, 0.717) is 12.5 Å². The first kappa shape index (κ1) is 20.6. The van der Waals surface area contributed by atoms with Crippen LogP contribution in [0.15, 0.2) is 12.2 Å². The zero-order valence-corrected chi connectivity index (χ0v) is 15.5. The van der Waals surface area contributed by atoms with Gasteiger partial charge < -0.3 is 20.9 Å². The fourth-order valence-corrected chi connectivity index (χ4v) is 3.67. The van der Waals surface area contributed by atoms with Crippen LogP contribution in [0, 0.1) is 16.7 Å². The summed E-state index contributed by atoms with van der Waals surface area (Å²) in [6.07, 6.45) is 6.06. The molecule has 138 valence electrons. The number of carbonyl (C=O) groups is 2. The highest BCUT2D eigenvalue weighted by Gasteiger charge is 2.45. The van der Waals surface area contributed by atoms with Gasteiger partial charge in [-0.15, -0.1) is 0 Å². The molecule has 1 saturated carbocycles. The number of carboxylic acids is 1. The Hall–Kier alpha value is -1.40. The number of nitrogens with one attached hydrogen (secondary N) is 1. The van der Waals surface area contributed by atoms with Gasteiger partial charge in [0, 0.05) is 7.11 Å². The van der Waals surface area contributed by atoms with Crippen LogP contribution in [0.5, 0.6) is 0 Å². The van der Waals surface area contributed by atoms with E-state index in [1.807, 2.05) is 6.08 Å². The third kappa shape index (κ3) is 5.60. The number of nitrogens with two attached hydrogens (primary N) is 1. The van der Waals surface area contributed by atoms with E-state index in [1.54, 1.807) is 7.11 Å². The highest BCUT2D eigenvalue weighted by Crippen LogP contribution is 2.54. The van der Waals surface area contributed by atoms with Crippen molar-refractivity contribution < 1.29 is 19.4 Å². The topological polar surface area (TPSA) is 102 Å². The van der Waals surface area contributed by atoms with Crippen LogP contribution in [0.25, 0.3) is 0 Å². The first-order valence-corrected chi connectivity index (χ1v) is 8.44. The molecule has 0 bridgehead atoms. The number of hydrogen-bond donors (Lipinski definition) is 3. The summed E-state index contributed by atoms with van der Waals surface area (Å²) in [5.41, 5.74) is 6.03. The van der Waals surface area contributed by atoms with Crippen molar-refractivity contribution in [3.8, 4) is 0 Å². The molecule has 2 atom stereocenters. The lowest BCUT2D eigenvalue weighted by molar-refractivity contribution is -0.139. The van der Waals surface area contributed by atoms with E-state index in [-0.39, 0.29) is 16.9 Å². The summed E-state index contributed by atoms with van der Waals surface area (Å²) in [6.45, 7) is 9.38. The van der Waals surface area contributed by atoms with E-state index in [0.717, 1.165) is 0 Å². The van der Waals surface area contributed by atoms with Gasteiger partial charge in [0.15, 0.2) is 0 Å². The molecule has 6 heteroatoms. The van der Waals surface area contributed by atoms with Crippen molar-refractivity contribution in [3.63, 3.8) is 0 Å². The van der Waals surface area contributed by atoms with E-state index < -0.39 is 24.3 Å². The highest BCUT2D eigenvalue weighted by atomic mass is 16.5. The molecule has 0 spiro atoms. The molecule has 0 aliphatic heterocycles. The van der Waals surface area contributed by atoms with Gasteiger partial charge in [-0.1, -0.05) is 39.8 Å². The second-order valence-electron chi connectivity index (χ2n) is 8.11. The van der Waals surface area contributed by atoms with Crippen LogP contribution in [-0.2, 0) is 14.3 Å². The van der Waals surface area contributed by atoms with E-state index in [2.05, 4.69) is 39.1 Å². The molecule has 1 aliphatic carbocycles. The largest absolute Gasteiger partial charge is 0.481 e. The van der Waals surface area contributed by atoms with E-state index >= 15 is 0 Å². The number of allylic oxidation sites excluding steroid dienone is 1. The molecule has 1 unspecified atom stereocenters. The summed E-state index contributed by atoms with van der Waals surface area (Å²) in [7, 11) is 1.56. The molecule has 6 nitrogen and oxygen atoms in total. The highest BCUT2D eigenvalue weighted by molar-refractivity contribution is 5.86. The van der Waals surface area contributed by atoms with Crippen LogP contribution in [0.1, 0.15) is 47.0 Å². The zero-order chi connectivity index (χ0) is 18.5. The third-order valence-corrected chi connectivity index (χ3v) is 5.04. The number of hydrogen-bond acceptors (Lipinski definition) is 4. The van der Waals surface area contributed by atoms with Gasteiger partial charge in [0.05, 0.1) is 25.1 Å². The van der Waals surface area contributed by atoms with Crippen LogP contribution in [0.3, 0.4) is 0 Å². The van der Waals surface area contributed by atoms with Crippen molar-refractivity contribution in [2.24, 2.45) is 22.5 Å². The number of ether oxygens (including phenoxy) is 1. The van der Waals surface area contributed by atoms with Crippen LogP contribution >= 0.6 is 0 Å². The first-order chi connectivity index (χ1) is 11.0. The van der Waals surface area contributed by atoms with Crippen LogP contribution in [0.2, 0.25) is 0 Å². The number of carboxylic acid groups (broad SMARTS) is 1. The van der Waals surface area contributed by atoms with E-state index in [4.69, 9.17) is 15.6 Å². The van der Waals surface area contributed by atoms with Gasteiger partial charge >= 0.3 is 5.97 Å². The van der Waals surface area contributed by atoms with E-state index in [1.165, 1.54) is 12.8 Å². The summed E-state index contributed by atoms with van der Waals surface area (Å²) >= 11 is 0. The fourth-order valence-electron chi connectivity index (χ4n) is 3.67. The molecular weight excluding hydrogens is 308 g/mol. The summed E-state index contributed by atoms with van der Waals surface area (Å²) in [4.78, 5) is 22.7. The van der Waals surface area contributed by atoms with Crippen LogP contribution in [0.4, 0.5) is 0 Å². The van der Waals surface area contributed by atoms with E-state index in [9.17, 15) is 9.59 Å². The van der Waals surface area contributed by atoms with Crippen molar-refractivity contribution in [3.05, 3.63) is 12.2 Å². The van der Waals surface area contributed by atoms with Gasteiger partial charge in [-0.3, -0.25) is 9.59 Å². The number of amides is 1. The number of methoxy groups -OCH3 is 1. The quantitative estimate of drug-likeness (QED) is 0.586. The van der Waals surface area contributed by atoms with Crippen LogP contribution in [-0.4, -0.2) is 42.8 Å². The molecule has 1 amide bonds. The fraction of sp³-hybridized carbons (Fsp3) is 0.778. The summed E-state index contributed by atoms with van der Waals surface area (Å²) in [5, 5.41) is 11.5. The minimum atomic E-state index is -1.09. The van der Waals surface area contributed by atoms with Gasteiger partial charge in [0.1, 0.15) is 0 Å². The SMILES string of the molecule is COCC(C=CC1C(C)(C)CCC1(C)C)NC(=O)[C@@H](N)CC(=O)O. The predicted molar refractivity (Wildman–Crippen MR) is 93.5 cm³/mol. The first-order valence-electron chi connectivity index (χ1n) is 8.44. The lowest BCUT2D eigenvalue weighted by Gasteiger charge is -2.33. The Morgan fingerprint density at radius 1 is 1.29 bits per heavy atom. The van der Waals surface area contributed by atoms with Gasteiger partial charge in [-0.2, -0.15) is 0 Å². The molecule has 4 N–H and O–H groups in total. The van der Waals surface area contributed by atoms with Gasteiger partial charge in [-0.05, 0) is 29.6 Å². The lowest BCUT2D eigenvalue weighted by atomic mass is 9.72. The van der Waals surface area contributed by atoms with Gasteiger partial charge in [0.2, 0.25) is 5.91 Å². The molecule has 0 saturated heterocycles. The van der Waals surface area contributed by atoms with Crippen molar-refractivity contribution in [1.82, 2.24) is 5.32 Å². The lowest BCUT2D eigenvalue weighted by Crippen LogP contribution is -2.47. The van der Waals surface area contributed by atoms with Gasteiger partial charge in [-0.25, -0.2) is 0 Å². The third-order valence-electron chi connectivity index (χ3n) is 5.04. The monoisotopic (exact) mass is 340 g/mol. The Bertz CT molecular complexity index is 469. The second kappa shape index (κ2) is 8.12. The molecule has 1 rings (SSSR count). The summed E-state index contributed by atoms with van der Waals surface area (Å²) < 4.78 is 5.16. The Morgan fingerprint density at radius 3 is 2.29 bits per heavy atom. The number of rotatable bonds is 8. The van der Waals surface area contributed by atoms with Gasteiger partial charge in [0.25, 0.3) is 0 Å². The Balaban J connectivity index is 2.78. The molecule has 1 aliphatic rings. The molecule has 0 radical (unpaired) electrons. The van der Waals surface area contributed by atoms with Crippen molar-refractivity contribution >= 4 is 11.9 Å². The Kier molecular flexibility index (Phi) is 6.98. The second-order valence-corrected chi connectivity index (χ2v) is 8.11. The molecule has 0 heterocycles. The van der Waals surface area contributed by atoms with Crippen LogP contribution < -0.4 is 11.1 Å². The zero-order valence-electron chi connectivity index (χ0n) is 15.5. The van der Waals surface area contributed by atoms with Crippen molar-refractivity contribution in [1.29, 1.82) is 0 Å². The normalized spacial score (nSPS) is 22.4. The summed E-state index contributed by atoms with van der Waals surface area (Å²) in [6, 6.07) is -1.39. The minimum Gasteiger partial charge on any atom is -0.481 e. The maximum absolute atomic E-state index is 12.0. The number of aliphatic carboxylic acids is 1. The number of carbonyl (C=O) groups excluding carboxylic acids is 1. The molecule has 24 heavy (non-hydrogen) atoms. The Morgan fingerprint density at radius 2 is 1.83 bits per heavy atom.